The number of aromatic nitrogens is 1. The molecule has 1 heterocycles. The van der Waals surface area contributed by atoms with Gasteiger partial charge in [-0.15, -0.1) is 13.2 Å². The zero-order chi connectivity index (χ0) is 12.5. The van der Waals surface area contributed by atoms with Crippen LogP contribution in [0, 0.1) is 6.92 Å². The first kappa shape index (κ1) is 12.1. The molecule has 0 aliphatic rings. The van der Waals surface area contributed by atoms with Crippen LogP contribution in [0.2, 0.25) is 0 Å². The summed E-state index contributed by atoms with van der Waals surface area (Å²) >= 11 is 0. The van der Waals surface area contributed by atoms with Crippen molar-refractivity contribution in [3.05, 3.63) is 17.3 Å². The van der Waals surface area contributed by atoms with Crippen LogP contribution in [0.3, 0.4) is 0 Å². The van der Waals surface area contributed by atoms with E-state index in [0.29, 0.717) is 0 Å². The van der Waals surface area contributed by atoms with Crippen molar-refractivity contribution in [1.82, 2.24) is 4.98 Å². The van der Waals surface area contributed by atoms with Crippen molar-refractivity contribution in [3.8, 4) is 11.6 Å². The molecule has 88 valence electrons. The summed E-state index contributed by atoms with van der Waals surface area (Å²) in [6.07, 6.45) is -5.05. The molecule has 0 unspecified atom stereocenters. The lowest BCUT2D eigenvalue weighted by Crippen LogP contribution is -2.19. The first-order chi connectivity index (χ1) is 7.20. The lowest BCUT2D eigenvalue weighted by Gasteiger charge is -2.11. The summed E-state index contributed by atoms with van der Waals surface area (Å²) in [5.41, 5.74) is -0.721. The fourth-order valence-electron chi connectivity index (χ4n) is 0.927. The summed E-state index contributed by atoms with van der Waals surface area (Å²) < 4.78 is 39.0. The maximum absolute atomic E-state index is 11.9. The molecule has 0 saturated heterocycles. The highest BCUT2D eigenvalue weighted by Crippen LogP contribution is 2.32. The number of aromatic hydroxyl groups is 1. The molecule has 1 aromatic rings. The summed E-state index contributed by atoms with van der Waals surface area (Å²) in [6, 6.07) is 0.931. The van der Waals surface area contributed by atoms with E-state index >= 15 is 0 Å². The Hall–Kier alpha value is -1.99. The van der Waals surface area contributed by atoms with E-state index in [2.05, 4.69) is 9.72 Å². The predicted molar refractivity (Wildman–Crippen MR) is 44.3 cm³/mol. The number of rotatable bonds is 2. The summed E-state index contributed by atoms with van der Waals surface area (Å²) in [4.78, 5) is 13.5. The molecule has 0 saturated carbocycles. The van der Waals surface area contributed by atoms with Gasteiger partial charge in [0, 0.05) is 0 Å². The molecule has 0 radical (unpaired) electrons. The molecule has 0 aromatic carbocycles. The topological polar surface area (TPSA) is 79.7 Å². The van der Waals surface area contributed by atoms with Gasteiger partial charge in [-0.25, -0.2) is 9.78 Å². The van der Waals surface area contributed by atoms with E-state index in [1.165, 1.54) is 6.92 Å². The zero-order valence-electron chi connectivity index (χ0n) is 7.87. The van der Waals surface area contributed by atoms with Crippen LogP contribution in [-0.4, -0.2) is 27.5 Å². The molecule has 0 spiro atoms. The van der Waals surface area contributed by atoms with Crippen molar-refractivity contribution in [2.45, 2.75) is 13.3 Å². The molecule has 16 heavy (non-hydrogen) atoms. The Morgan fingerprint density at radius 2 is 2.06 bits per heavy atom. The quantitative estimate of drug-likeness (QED) is 0.818. The van der Waals surface area contributed by atoms with Crippen LogP contribution in [-0.2, 0) is 0 Å². The number of aromatic carboxylic acids is 1. The molecule has 1 rings (SSSR count). The lowest BCUT2D eigenvalue weighted by molar-refractivity contribution is -0.276. The van der Waals surface area contributed by atoms with Crippen LogP contribution in [0.1, 0.15) is 16.1 Å². The van der Waals surface area contributed by atoms with Crippen LogP contribution in [0.25, 0.3) is 0 Å². The first-order valence-electron chi connectivity index (χ1n) is 3.90. The second-order valence-corrected chi connectivity index (χ2v) is 2.83. The highest BCUT2D eigenvalue weighted by Gasteiger charge is 2.34. The van der Waals surface area contributed by atoms with Gasteiger partial charge in [0.2, 0.25) is 0 Å². The van der Waals surface area contributed by atoms with Gasteiger partial charge in [-0.2, -0.15) is 0 Å². The van der Waals surface area contributed by atoms with Gasteiger partial charge in [-0.05, 0) is 18.6 Å². The van der Waals surface area contributed by atoms with Crippen LogP contribution >= 0.6 is 0 Å². The molecule has 5 nitrogen and oxygen atoms in total. The van der Waals surface area contributed by atoms with Crippen molar-refractivity contribution in [2.24, 2.45) is 0 Å². The monoisotopic (exact) mass is 237 g/mol. The summed E-state index contributed by atoms with van der Waals surface area (Å²) in [5, 5.41) is 17.7. The normalized spacial score (nSPS) is 11.2. The molecule has 2 N–H and O–H groups in total. The van der Waals surface area contributed by atoms with E-state index in [-0.39, 0.29) is 5.56 Å². The van der Waals surface area contributed by atoms with Gasteiger partial charge in [-0.1, -0.05) is 0 Å². The van der Waals surface area contributed by atoms with Crippen LogP contribution < -0.4 is 4.74 Å². The second kappa shape index (κ2) is 3.87. The van der Waals surface area contributed by atoms with E-state index in [4.69, 9.17) is 5.11 Å². The van der Waals surface area contributed by atoms with Gasteiger partial charge in [0.25, 0.3) is 5.88 Å². The number of aryl methyl sites for hydroxylation is 1. The highest BCUT2D eigenvalue weighted by atomic mass is 19.4. The predicted octanol–water partition coefficient (Wildman–Crippen LogP) is 1.69. The van der Waals surface area contributed by atoms with E-state index in [9.17, 15) is 23.1 Å². The lowest BCUT2D eigenvalue weighted by atomic mass is 10.2. The SMILES string of the molecule is Cc1cc(C(=O)O)nc(OC(F)(F)F)c1O. The molecular formula is C8H6F3NO4. The van der Waals surface area contributed by atoms with E-state index in [1.54, 1.807) is 0 Å². The number of carboxylic acids is 1. The minimum atomic E-state index is -5.05. The van der Waals surface area contributed by atoms with Crippen molar-refractivity contribution >= 4 is 5.97 Å². The Morgan fingerprint density at radius 1 is 1.50 bits per heavy atom. The number of halogens is 3. The second-order valence-electron chi connectivity index (χ2n) is 2.83. The summed E-state index contributed by atoms with van der Waals surface area (Å²) in [6.45, 7) is 1.23. The van der Waals surface area contributed by atoms with Crippen LogP contribution in [0.5, 0.6) is 11.6 Å². The van der Waals surface area contributed by atoms with Gasteiger partial charge < -0.3 is 14.9 Å². The third-order valence-corrected chi connectivity index (χ3v) is 1.58. The number of carboxylic acid groups (broad SMARTS) is 1. The van der Waals surface area contributed by atoms with Gasteiger partial charge in [-0.3, -0.25) is 0 Å². The number of pyridine rings is 1. The molecule has 0 bridgehead atoms. The maximum Gasteiger partial charge on any atom is 0.574 e. The smallest absolute Gasteiger partial charge is 0.503 e. The number of hydrogen-bond donors (Lipinski definition) is 2. The number of nitrogens with zero attached hydrogens (tertiary/aromatic N) is 1. The molecule has 8 heteroatoms. The minimum absolute atomic E-state index is 0.0772. The average molecular weight is 237 g/mol. The third-order valence-electron chi connectivity index (χ3n) is 1.58. The number of hydrogen-bond acceptors (Lipinski definition) is 4. The summed E-state index contributed by atoms with van der Waals surface area (Å²) in [7, 11) is 0. The van der Waals surface area contributed by atoms with Gasteiger partial charge in [0.15, 0.2) is 11.4 Å². The highest BCUT2D eigenvalue weighted by molar-refractivity contribution is 5.86. The van der Waals surface area contributed by atoms with E-state index in [0.717, 1.165) is 6.07 Å². The molecule has 0 amide bonds. The van der Waals surface area contributed by atoms with Crippen LogP contribution in [0.4, 0.5) is 13.2 Å². The van der Waals surface area contributed by atoms with Crippen molar-refractivity contribution in [2.75, 3.05) is 0 Å². The fraction of sp³-hybridized carbons (Fsp3) is 0.250. The van der Waals surface area contributed by atoms with Gasteiger partial charge in [0.05, 0.1) is 0 Å². The standard InChI is InChI=1S/C8H6F3NO4/c1-3-2-4(7(14)15)12-6(5(3)13)16-8(9,10)11/h2,13H,1H3,(H,14,15). The van der Waals surface area contributed by atoms with Gasteiger partial charge in [0.1, 0.15) is 0 Å². The van der Waals surface area contributed by atoms with Crippen molar-refractivity contribution < 1.29 is 32.9 Å². The van der Waals surface area contributed by atoms with Crippen molar-refractivity contribution in [3.63, 3.8) is 0 Å². The Balaban J connectivity index is 3.22. The number of ether oxygens (including phenoxy) is 1. The largest absolute Gasteiger partial charge is 0.574 e. The Kier molecular flexibility index (Phi) is 2.92. The zero-order valence-corrected chi connectivity index (χ0v) is 7.87. The minimum Gasteiger partial charge on any atom is -0.503 e. The summed E-state index contributed by atoms with van der Waals surface area (Å²) in [5.74, 6) is -3.54. The Bertz CT molecular complexity index is 430. The molecule has 0 atom stereocenters. The Labute approximate surface area is 87.1 Å². The maximum atomic E-state index is 11.9. The molecule has 1 aromatic heterocycles. The molecule has 0 aliphatic carbocycles. The van der Waals surface area contributed by atoms with E-state index < -0.39 is 29.7 Å². The number of carbonyl (C=O) groups is 1. The van der Waals surface area contributed by atoms with Crippen LogP contribution in [0.15, 0.2) is 6.07 Å². The van der Waals surface area contributed by atoms with Gasteiger partial charge >= 0.3 is 12.3 Å². The third kappa shape index (κ3) is 2.75. The molecule has 0 fully saturated rings. The molecule has 0 aliphatic heterocycles. The Morgan fingerprint density at radius 3 is 2.50 bits per heavy atom. The average Bonchev–Trinajstić information content (AvgIpc) is 2.10. The van der Waals surface area contributed by atoms with E-state index in [1.807, 2.05) is 0 Å². The molecular weight excluding hydrogens is 231 g/mol. The fourth-order valence-corrected chi connectivity index (χ4v) is 0.927. The first-order valence-corrected chi connectivity index (χ1v) is 3.90. The van der Waals surface area contributed by atoms with Crippen molar-refractivity contribution in [1.29, 1.82) is 0 Å². The number of alkyl halides is 3.